The smallest absolute Gasteiger partial charge is 0.159 e. The summed E-state index contributed by atoms with van der Waals surface area (Å²) in [7, 11) is 0. The summed E-state index contributed by atoms with van der Waals surface area (Å²) in [6.07, 6.45) is 7.80. The minimum absolute atomic E-state index is 0.0737. The molecular formula is C14H16O2. The van der Waals surface area contributed by atoms with E-state index in [-0.39, 0.29) is 11.9 Å². The quantitative estimate of drug-likeness (QED) is 0.572. The molecule has 0 saturated heterocycles. The van der Waals surface area contributed by atoms with Gasteiger partial charge in [0.05, 0.1) is 0 Å². The van der Waals surface area contributed by atoms with Gasteiger partial charge >= 0.3 is 0 Å². The molecule has 0 radical (unpaired) electrons. The number of rotatable bonds is 3. The average molecular weight is 216 g/mol. The molecule has 1 unspecified atom stereocenters. The van der Waals surface area contributed by atoms with E-state index in [1.165, 1.54) is 6.42 Å². The van der Waals surface area contributed by atoms with Gasteiger partial charge in [0, 0.05) is 5.56 Å². The molecule has 16 heavy (non-hydrogen) atoms. The lowest BCUT2D eigenvalue weighted by atomic mass is 10.1. The van der Waals surface area contributed by atoms with Crippen LogP contribution in [-0.4, -0.2) is 11.9 Å². The van der Waals surface area contributed by atoms with Crippen LogP contribution in [0.3, 0.4) is 0 Å². The Labute approximate surface area is 95.9 Å². The van der Waals surface area contributed by atoms with E-state index in [1.54, 1.807) is 6.92 Å². The normalized spacial score (nSPS) is 19.4. The lowest BCUT2D eigenvalue weighted by molar-refractivity contribution is 0.101. The van der Waals surface area contributed by atoms with Gasteiger partial charge in [0.25, 0.3) is 0 Å². The lowest BCUT2D eigenvalue weighted by Gasteiger charge is -2.18. The number of benzene rings is 1. The van der Waals surface area contributed by atoms with Crippen LogP contribution in [-0.2, 0) is 0 Å². The number of hydrogen-bond acceptors (Lipinski definition) is 2. The predicted molar refractivity (Wildman–Crippen MR) is 63.9 cm³/mol. The molecule has 1 aliphatic rings. The second-order valence-corrected chi connectivity index (χ2v) is 4.10. The summed E-state index contributed by atoms with van der Waals surface area (Å²) >= 11 is 0. The number of ketones is 1. The van der Waals surface area contributed by atoms with Crippen molar-refractivity contribution in [3.63, 3.8) is 0 Å². The molecule has 2 rings (SSSR count). The van der Waals surface area contributed by atoms with Crippen LogP contribution in [0.15, 0.2) is 36.4 Å². The van der Waals surface area contributed by atoms with E-state index in [9.17, 15) is 4.79 Å². The van der Waals surface area contributed by atoms with Crippen LogP contribution in [0.5, 0.6) is 5.75 Å². The zero-order valence-corrected chi connectivity index (χ0v) is 9.48. The molecule has 0 N–H and O–H groups in total. The second kappa shape index (κ2) is 4.97. The van der Waals surface area contributed by atoms with Gasteiger partial charge < -0.3 is 4.74 Å². The van der Waals surface area contributed by atoms with Gasteiger partial charge in [-0.2, -0.15) is 0 Å². The first-order valence-corrected chi connectivity index (χ1v) is 5.70. The van der Waals surface area contributed by atoms with Crippen LogP contribution in [0.4, 0.5) is 0 Å². The molecule has 0 spiro atoms. The largest absolute Gasteiger partial charge is 0.486 e. The van der Waals surface area contributed by atoms with Crippen LogP contribution < -0.4 is 4.74 Å². The van der Waals surface area contributed by atoms with Crippen molar-refractivity contribution in [2.24, 2.45) is 0 Å². The third kappa shape index (κ3) is 2.72. The molecule has 0 aromatic heterocycles. The number of carbonyl (C=O) groups is 1. The van der Waals surface area contributed by atoms with Crippen molar-refractivity contribution < 1.29 is 9.53 Å². The minimum Gasteiger partial charge on any atom is -0.486 e. The third-order valence-electron chi connectivity index (χ3n) is 2.74. The molecule has 1 aliphatic carbocycles. The van der Waals surface area contributed by atoms with E-state index in [0.717, 1.165) is 18.6 Å². The van der Waals surface area contributed by atoms with Gasteiger partial charge in [-0.25, -0.2) is 0 Å². The highest BCUT2D eigenvalue weighted by molar-refractivity contribution is 5.94. The van der Waals surface area contributed by atoms with Crippen molar-refractivity contribution in [3.8, 4) is 5.75 Å². The van der Waals surface area contributed by atoms with Crippen molar-refractivity contribution in [1.82, 2.24) is 0 Å². The summed E-state index contributed by atoms with van der Waals surface area (Å²) in [5.41, 5.74) is 0.706. The maximum absolute atomic E-state index is 11.2. The fourth-order valence-electron chi connectivity index (χ4n) is 1.84. The number of allylic oxidation sites excluding steroid dienone is 1. The molecule has 84 valence electrons. The maximum Gasteiger partial charge on any atom is 0.159 e. The molecule has 0 heterocycles. The maximum atomic E-state index is 11.2. The highest BCUT2D eigenvalue weighted by atomic mass is 16.5. The van der Waals surface area contributed by atoms with Gasteiger partial charge in [-0.3, -0.25) is 4.79 Å². The Balaban J connectivity index is 2.08. The molecule has 2 nitrogen and oxygen atoms in total. The standard InChI is InChI=1S/C14H16O2/c1-11(15)12-6-5-9-14(10-12)16-13-7-3-2-4-8-13/h3,5-7,9-10,13H,2,4,8H2,1H3. The van der Waals surface area contributed by atoms with Gasteiger partial charge in [0.1, 0.15) is 11.9 Å². The van der Waals surface area contributed by atoms with E-state index in [0.29, 0.717) is 5.56 Å². The molecular weight excluding hydrogens is 200 g/mol. The Bertz CT molecular complexity index is 407. The van der Waals surface area contributed by atoms with Crippen molar-refractivity contribution in [3.05, 3.63) is 42.0 Å². The van der Waals surface area contributed by atoms with E-state index in [4.69, 9.17) is 4.74 Å². The Morgan fingerprint density at radius 3 is 3.00 bits per heavy atom. The number of hydrogen-bond donors (Lipinski definition) is 0. The van der Waals surface area contributed by atoms with Crippen molar-refractivity contribution in [2.75, 3.05) is 0 Å². The van der Waals surface area contributed by atoms with Gasteiger partial charge in [-0.1, -0.05) is 18.2 Å². The fraction of sp³-hybridized carbons (Fsp3) is 0.357. The molecule has 1 atom stereocenters. The van der Waals surface area contributed by atoms with E-state index >= 15 is 0 Å². The highest BCUT2D eigenvalue weighted by Crippen LogP contribution is 2.20. The Morgan fingerprint density at radius 1 is 1.44 bits per heavy atom. The number of ether oxygens (including phenoxy) is 1. The Morgan fingerprint density at radius 2 is 2.31 bits per heavy atom. The van der Waals surface area contributed by atoms with Crippen LogP contribution >= 0.6 is 0 Å². The second-order valence-electron chi connectivity index (χ2n) is 4.10. The monoisotopic (exact) mass is 216 g/mol. The molecule has 1 aromatic carbocycles. The Kier molecular flexibility index (Phi) is 3.40. The summed E-state index contributed by atoms with van der Waals surface area (Å²) < 4.78 is 5.81. The molecule has 1 aromatic rings. The zero-order valence-electron chi connectivity index (χ0n) is 9.48. The summed E-state index contributed by atoms with van der Waals surface area (Å²) in [5, 5.41) is 0. The van der Waals surface area contributed by atoms with Crippen LogP contribution in [0.2, 0.25) is 0 Å². The zero-order chi connectivity index (χ0) is 11.4. The molecule has 0 bridgehead atoms. The first-order valence-electron chi connectivity index (χ1n) is 5.70. The minimum atomic E-state index is 0.0737. The predicted octanol–water partition coefficient (Wildman–Crippen LogP) is 3.38. The van der Waals surface area contributed by atoms with E-state index in [2.05, 4.69) is 12.2 Å². The lowest BCUT2D eigenvalue weighted by Crippen LogP contribution is -2.15. The van der Waals surface area contributed by atoms with Gasteiger partial charge in [0.2, 0.25) is 0 Å². The SMILES string of the molecule is CC(=O)c1cccc(OC2C=CCCC2)c1. The number of Topliss-reactive ketones (excluding diaryl/α,β-unsaturated/α-hetero) is 1. The molecule has 2 heteroatoms. The summed E-state index contributed by atoms with van der Waals surface area (Å²) in [5.74, 6) is 0.855. The Hall–Kier alpha value is -1.57. The summed E-state index contributed by atoms with van der Waals surface area (Å²) in [6, 6.07) is 7.38. The molecule has 0 aliphatic heterocycles. The number of carbonyl (C=O) groups excluding carboxylic acids is 1. The van der Waals surface area contributed by atoms with Crippen molar-refractivity contribution in [2.45, 2.75) is 32.3 Å². The van der Waals surface area contributed by atoms with Gasteiger partial charge in [-0.15, -0.1) is 0 Å². The first-order chi connectivity index (χ1) is 7.75. The summed E-state index contributed by atoms with van der Waals surface area (Å²) in [6.45, 7) is 1.57. The van der Waals surface area contributed by atoms with E-state index in [1.807, 2.05) is 24.3 Å². The topological polar surface area (TPSA) is 26.3 Å². The van der Waals surface area contributed by atoms with E-state index < -0.39 is 0 Å². The van der Waals surface area contributed by atoms with Crippen LogP contribution in [0, 0.1) is 0 Å². The fourth-order valence-corrected chi connectivity index (χ4v) is 1.84. The van der Waals surface area contributed by atoms with Gasteiger partial charge in [-0.05, 0) is 44.4 Å². The van der Waals surface area contributed by atoms with Crippen LogP contribution in [0.1, 0.15) is 36.5 Å². The average Bonchev–Trinajstić information content (AvgIpc) is 2.30. The first kappa shape index (κ1) is 10.9. The summed E-state index contributed by atoms with van der Waals surface area (Å²) in [4.78, 5) is 11.2. The van der Waals surface area contributed by atoms with Crippen LogP contribution in [0.25, 0.3) is 0 Å². The molecule has 0 saturated carbocycles. The highest BCUT2D eigenvalue weighted by Gasteiger charge is 2.10. The molecule has 0 fully saturated rings. The molecule has 0 amide bonds. The van der Waals surface area contributed by atoms with Crippen molar-refractivity contribution >= 4 is 5.78 Å². The van der Waals surface area contributed by atoms with Gasteiger partial charge in [0.15, 0.2) is 5.78 Å². The van der Waals surface area contributed by atoms with Crippen molar-refractivity contribution in [1.29, 1.82) is 0 Å². The third-order valence-corrected chi connectivity index (χ3v) is 2.74.